The summed E-state index contributed by atoms with van der Waals surface area (Å²) < 4.78 is 0. The number of carbonyl (C=O) groups is 1. The standard InChI is InChI=1S/C27H44O7/c1-15(14-28)5-6-23(32)26(4,33)22-8-10-27(34)17-11-19(29)18-12-20(30)21(31)13-24(18,2)16(17)7-9-25(22,27)3/h11,15-16,18,20-23,28,30-34H,5-10,12-14H2,1-4H3/t15-,16?,18+,20-,21+,22+,23-,24-,25-,26-,27-/m1/s1. The maximum Gasteiger partial charge on any atom is 0.159 e. The van der Waals surface area contributed by atoms with Gasteiger partial charge in [-0.25, -0.2) is 0 Å². The van der Waals surface area contributed by atoms with Gasteiger partial charge < -0.3 is 30.6 Å². The van der Waals surface area contributed by atoms with Crippen LogP contribution in [-0.2, 0) is 4.79 Å². The topological polar surface area (TPSA) is 138 Å². The van der Waals surface area contributed by atoms with E-state index in [1.165, 1.54) is 0 Å². The minimum absolute atomic E-state index is 0.0326. The molecule has 0 heterocycles. The first kappa shape index (κ1) is 26.2. The van der Waals surface area contributed by atoms with Crippen LogP contribution in [0.15, 0.2) is 11.6 Å². The summed E-state index contributed by atoms with van der Waals surface area (Å²) in [6, 6.07) is 0. The second kappa shape index (κ2) is 8.63. The predicted octanol–water partition coefficient (Wildman–Crippen LogP) is 1.71. The van der Waals surface area contributed by atoms with Gasteiger partial charge in [-0.1, -0.05) is 20.8 Å². The van der Waals surface area contributed by atoms with Gasteiger partial charge in [0.1, 0.15) is 0 Å². The number of hydrogen-bond donors (Lipinski definition) is 6. The third-order valence-electron chi connectivity index (χ3n) is 10.7. The van der Waals surface area contributed by atoms with Gasteiger partial charge in [-0.05, 0) is 93.1 Å². The summed E-state index contributed by atoms with van der Waals surface area (Å²) >= 11 is 0. The lowest BCUT2D eigenvalue weighted by molar-refractivity contribution is -0.176. The summed E-state index contributed by atoms with van der Waals surface area (Å²) in [6.45, 7) is 7.59. The number of aliphatic hydroxyl groups excluding tert-OH is 4. The van der Waals surface area contributed by atoms with E-state index < -0.39 is 40.3 Å². The minimum atomic E-state index is -1.42. The molecule has 0 aliphatic heterocycles. The number of rotatable bonds is 6. The third-order valence-corrected chi connectivity index (χ3v) is 10.7. The quantitative estimate of drug-likeness (QED) is 0.340. The molecule has 0 aromatic rings. The van der Waals surface area contributed by atoms with E-state index in [-0.39, 0.29) is 42.5 Å². The molecule has 0 spiro atoms. The number of aliphatic hydroxyl groups is 6. The molecule has 7 nitrogen and oxygen atoms in total. The highest BCUT2D eigenvalue weighted by Crippen LogP contribution is 2.68. The van der Waals surface area contributed by atoms with Gasteiger partial charge in [-0.15, -0.1) is 0 Å². The smallest absolute Gasteiger partial charge is 0.159 e. The van der Waals surface area contributed by atoms with Gasteiger partial charge in [0, 0.05) is 17.9 Å². The lowest BCUT2D eigenvalue weighted by Crippen LogP contribution is -2.62. The Morgan fingerprint density at radius 2 is 1.79 bits per heavy atom. The van der Waals surface area contributed by atoms with Crippen LogP contribution in [0.2, 0.25) is 0 Å². The Balaban J connectivity index is 1.65. The summed E-state index contributed by atoms with van der Waals surface area (Å²) in [4.78, 5) is 13.3. The second-order valence-corrected chi connectivity index (χ2v) is 12.7. The van der Waals surface area contributed by atoms with Crippen molar-refractivity contribution in [2.24, 2.45) is 34.5 Å². The highest BCUT2D eigenvalue weighted by atomic mass is 16.3. The summed E-state index contributed by atoms with van der Waals surface area (Å²) in [5.41, 5.74) is -3.21. The highest BCUT2D eigenvalue weighted by molar-refractivity contribution is 5.95. The number of carbonyl (C=O) groups excluding carboxylic acids is 1. The third kappa shape index (κ3) is 3.65. The van der Waals surface area contributed by atoms with E-state index >= 15 is 0 Å². The fourth-order valence-electron chi connectivity index (χ4n) is 8.37. The Kier molecular flexibility index (Phi) is 6.66. The van der Waals surface area contributed by atoms with Crippen molar-refractivity contribution in [2.45, 2.75) is 109 Å². The van der Waals surface area contributed by atoms with Gasteiger partial charge >= 0.3 is 0 Å². The van der Waals surface area contributed by atoms with Crippen molar-refractivity contribution in [1.82, 2.24) is 0 Å². The van der Waals surface area contributed by atoms with Crippen LogP contribution in [0.1, 0.15) is 79.1 Å². The number of ketones is 1. The maximum absolute atomic E-state index is 13.3. The van der Waals surface area contributed by atoms with Crippen molar-refractivity contribution in [3.63, 3.8) is 0 Å². The molecule has 1 unspecified atom stereocenters. The van der Waals surface area contributed by atoms with E-state index in [0.717, 1.165) is 12.0 Å². The normalized spacial score (nSPS) is 47.6. The van der Waals surface area contributed by atoms with Gasteiger partial charge in [0.15, 0.2) is 5.78 Å². The first-order valence-electron chi connectivity index (χ1n) is 13.1. The molecular weight excluding hydrogens is 436 g/mol. The van der Waals surface area contributed by atoms with Crippen molar-refractivity contribution in [3.8, 4) is 0 Å². The summed E-state index contributed by atoms with van der Waals surface area (Å²) in [6.07, 6.45) is 2.65. The molecular formula is C27H44O7. The second-order valence-electron chi connectivity index (χ2n) is 12.7. The molecule has 194 valence electrons. The largest absolute Gasteiger partial charge is 0.396 e. The van der Waals surface area contributed by atoms with E-state index in [4.69, 9.17) is 0 Å². The molecule has 0 saturated heterocycles. The first-order chi connectivity index (χ1) is 15.7. The van der Waals surface area contributed by atoms with Gasteiger partial charge in [0.2, 0.25) is 0 Å². The molecule has 3 saturated carbocycles. The molecule has 0 aromatic carbocycles. The average molecular weight is 481 g/mol. The molecule has 4 rings (SSSR count). The predicted molar refractivity (Wildman–Crippen MR) is 127 cm³/mol. The van der Waals surface area contributed by atoms with Gasteiger partial charge in [-0.2, -0.15) is 0 Å². The minimum Gasteiger partial charge on any atom is -0.396 e. The van der Waals surface area contributed by atoms with Crippen molar-refractivity contribution >= 4 is 5.78 Å². The molecule has 34 heavy (non-hydrogen) atoms. The molecule has 0 amide bonds. The van der Waals surface area contributed by atoms with Crippen LogP contribution in [0, 0.1) is 34.5 Å². The Morgan fingerprint density at radius 1 is 1.12 bits per heavy atom. The Hall–Kier alpha value is -0.830. The molecule has 0 radical (unpaired) electrons. The van der Waals surface area contributed by atoms with Crippen molar-refractivity contribution in [3.05, 3.63) is 11.6 Å². The molecule has 11 atom stereocenters. The Labute approximate surface area is 202 Å². The van der Waals surface area contributed by atoms with Crippen LogP contribution in [-0.4, -0.2) is 72.5 Å². The van der Waals surface area contributed by atoms with E-state index in [0.29, 0.717) is 38.5 Å². The Morgan fingerprint density at radius 3 is 2.44 bits per heavy atom. The van der Waals surface area contributed by atoms with Crippen molar-refractivity contribution in [2.75, 3.05) is 6.61 Å². The summed E-state index contributed by atoms with van der Waals surface area (Å²) in [5, 5.41) is 64.7. The summed E-state index contributed by atoms with van der Waals surface area (Å²) in [7, 11) is 0. The van der Waals surface area contributed by atoms with E-state index in [2.05, 4.69) is 0 Å². The van der Waals surface area contributed by atoms with Crippen LogP contribution in [0.25, 0.3) is 0 Å². The SMILES string of the molecule is C[C@@H](CO)CC[C@@H](O)[C@](C)(O)[C@H]1CC[C@@]2(O)C3=CC(=O)[C@@H]4C[C@@H](O)[C@@H](O)C[C@]4(C)C3CC[C@]12C. The van der Waals surface area contributed by atoms with Crippen LogP contribution < -0.4 is 0 Å². The molecule has 4 aliphatic carbocycles. The fraction of sp³-hybridized carbons (Fsp3) is 0.889. The average Bonchev–Trinajstić information content (AvgIpc) is 3.06. The van der Waals surface area contributed by atoms with E-state index in [9.17, 15) is 35.4 Å². The number of hydrogen-bond acceptors (Lipinski definition) is 7. The highest BCUT2D eigenvalue weighted by Gasteiger charge is 2.69. The lowest BCUT2D eigenvalue weighted by Gasteiger charge is -2.60. The molecule has 0 bridgehead atoms. The van der Waals surface area contributed by atoms with Gasteiger partial charge in [0.05, 0.1) is 29.5 Å². The zero-order valence-electron chi connectivity index (χ0n) is 21.1. The zero-order valence-corrected chi connectivity index (χ0v) is 21.1. The zero-order chi connectivity index (χ0) is 25.3. The molecule has 4 aliphatic rings. The van der Waals surface area contributed by atoms with Crippen LogP contribution >= 0.6 is 0 Å². The van der Waals surface area contributed by atoms with Gasteiger partial charge in [-0.3, -0.25) is 4.79 Å². The first-order valence-corrected chi connectivity index (χ1v) is 13.1. The van der Waals surface area contributed by atoms with Crippen LogP contribution in [0.5, 0.6) is 0 Å². The molecule has 0 aromatic heterocycles. The lowest BCUT2D eigenvalue weighted by atomic mass is 9.45. The van der Waals surface area contributed by atoms with Crippen molar-refractivity contribution < 1.29 is 35.4 Å². The van der Waals surface area contributed by atoms with Crippen LogP contribution in [0.3, 0.4) is 0 Å². The number of fused-ring (bicyclic) bond motifs is 5. The van der Waals surface area contributed by atoms with E-state index in [1.54, 1.807) is 13.0 Å². The van der Waals surface area contributed by atoms with E-state index in [1.807, 2.05) is 20.8 Å². The molecule has 3 fully saturated rings. The van der Waals surface area contributed by atoms with Crippen molar-refractivity contribution in [1.29, 1.82) is 0 Å². The maximum atomic E-state index is 13.3. The summed E-state index contributed by atoms with van der Waals surface area (Å²) in [5.74, 6) is -0.859. The monoisotopic (exact) mass is 480 g/mol. The molecule has 7 heteroatoms. The fourth-order valence-corrected chi connectivity index (χ4v) is 8.37. The molecule has 6 N–H and O–H groups in total. The van der Waals surface area contributed by atoms with Crippen LogP contribution in [0.4, 0.5) is 0 Å². The Bertz CT molecular complexity index is 839. The van der Waals surface area contributed by atoms with Gasteiger partial charge in [0.25, 0.3) is 0 Å². The number of allylic oxidation sites excluding steroid dienone is 1.